The first-order valence-corrected chi connectivity index (χ1v) is 8.74. The minimum absolute atomic E-state index is 0.159. The first-order chi connectivity index (χ1) is 13.3. The SMILES string of the molecule is CN(C(=N)N(C)c1ccc2c3c(cccc13)C=C2)c1ccc(C(F)(F)F)cc1. The molecule has 0 heterocycles. The van der Waals surface area contributed by atoms with Gasteiger partial charge in [-0.05, 0) is 46.8 Å². The van der Waals surface area contributed by atoms with Crippen molar-refractivity contribution in [2.75, 3.05) is 23.9 Å². The van der Waals surface area contributed by atoms with Crippen LogP contribution in [0.3, 0.4) is 0 Å². The van der Waals surface area contributed by atoms with Crippen LogP contribution in [0, 0.1) is 5.41 Å². The van der Waals surface area contributed by atoms with Crippen LogP contribution in [-0.4, -0.2) is 20.1 Å². The molecule has 0 saturated carbocycles. The van der Waals surface area contributed by atoms with E-state index >= 15 is 0 Å². The van der Waals surface area contributed by atoms with Crippen molar-refractivity contribution in [2.24, 2.45) is 0 Å². The molecule has 0 bridgehead atoms. The molecule has 142 valence electrons. The summed E-state index contributed by atoms with van der Waals surface area (Å²) in [4.78, 5) is 3.29. The standard InChI is InChI=1S/C22H18F3N3/c1-27(17-11-9-16(10-12-17)22(23,24)25)21(26)28(2)19-13-8-15-7-6-14-4-3-5-18(19)20(14)15/h3-13,26H,1-2H3. The number of halogens is 3. The number of guanidine groups is 1. The molecule has 1 aliphatic carbocycles. The van der Waals surface area contributed by atoms with E-state index in [-0.39, 0.29) is 5.96 Å². The van der Waals surface area contributed by atoms with Crippen LogP contribution in [0.5, 0.6) is 0 Å². The number of benzene rings is 3. The molecule has 28 heavy (non-hydrogen) atoms. The smallest absolute Gasteiger partial charge is 0.316 e. The number of nitrogens with zero attached hydrogens (tertiary/aromatic N) is 2. The summed E-state index contributed by atoms with van der Waals surface area (Å²) in [6, 6.07) is 14.9. The van der Waals surface area contributed by atoms with Gasteiger partial charge in [0.2, 0.25) is 5.96 Å². The zero-order valence-electron chi connectivity index (χ0n) is 15.4. The summed E-state index contributed by atoms with van der Waals surface area (Å²) in [6.45, 7) is 0. The molecule has 0 unspecified atom stereocenters. The van der Waals surface area contributed by atoms with Crippen molar-refractivity contribution in [1.29, 1.82) is 5.41 Å². The summed E-state index contributed by atoms with van der Waals surface area (Å²) in [5.74, 6) is 0.159. The number of rotatable bonds is 2. The second-order valence-electron chi connectivity index (χ2n) is 6.76. The quantitative estimate of drug-likeness (QED) is 0.349. The summed E-state index contributed by atoms with van der Waals surface area (Å²) in [6.07, 6.45) is -0.234. The lowest BCUT2D eigenvalue weighted by Crippen LogP contribution is -2.39. The lowest BCUT2D eigenvalue weighted by Gasteiger charge is -2.29. The third-order valence-corrected chi connectivity index (χ3v) is 5.10. The van der Waals surface area contributed by atoms with Gasteiger partial charge in [-0.3, -0.25) is 5.41 Å². The van der Waals surface area contributed by atoms with E-state index in [4.69, 9.17) is 5.41 Å². The molecule has 6 heteroatoms. The maximum Gasteiger partial charge on any atom is 0.416 e. The molecule has 0 aromatic heterocycles. The molecule has 3 aromatic carbocycles. The van der Waals surface area contributed by atoms with Gasteiger partial charge in [0, 0.05) is 25.2 Å². The molecular formula is C22H18F3N3. The van der Waals surface area contributed by atoms with Crippen molar-refractivity contribution in [3.8, 4) is 0 Å². The van der Waals surface area contributed by atoms with Crippen LogP contribution in [0.2, 0.25) is 0 Å². The van der Waals surface area contributed by atoms with Crippen LogP contribution in [0.15, 0.2) is 54.6 Å². The topological polar surface area (TPSA) is 30.3 Å². The molecular weight excluding hydrogens is 363 g/mol. The van der Waals surface area contributed by atoms with Crippen molar-refractivity contribution in [3.05, 3.63) is 71.3 Å². The van der Waals surface area contributed by atoms with Gasteiger partial charge in [-0.1, -0.05) is 36.4 Å². The fourth-order valence-electron chi connectivity index (χ4n) is 3.53. The van der Waals surface area contributed by atoms with E-state index in [9.17, 15) is 13.2 Å². The molecule has 1 N–H and O–H groups in total. The summed E-state index contributed by atoms with van der Waals surface area (Å²) in [7, 11) is 3.46. The number of hydrogen-bond donors (Lipinski definition) is 1. The Hall–Kier alpha value is -3.28. The highest BCUT2D eigenvalue weighted by Gasteiger charge is 2.30. The normalized spacial score (nSPS) is 12.5. The Kier molecular flexibility index (Phi) is 4.14. The third-order valence-electron chi connectivity index (χ3n) is 5.10. The average Bonchev–Trinajstić information content (AvgIpc) is 3.11. The van der Waals surface area contributed by atoms with Crippen LogP contribution in [0.4, 0.5) is 24.5 Å². The van der Waals surface area contributed by atoms with Crippen LogP contribution in [0.1, 0.15) is 16.7 Å². The largest absolute Gasteiger partial charge is 0.416 e. The van der Waals surface area contributed by atoms with Crippen molar-refractivity contribution in [2.45, 2.75) is 6.18 Å². The highest BCUT2D eigenvalue weighted by Crippen LogP contribution is 2.37. The highest BCUT2D eigenvalue weighted by molar-refractivity contribution is 6.14. The Morgan fingerprint density at radius 2 is 1.46 bits per heavy atom. The van der Waals surface area contributed by atoms with Gasteiger partial charge in [-0.2, -0.15) is 13.2 Å². The monoisotopic (exact) mass is 381 g/mol. The average molecular weight is 381 g/mol. The van der Waals surface area contributed by atoms with E-state index in [2.05, 4.69) is 18.2 Å². The van der Waals surface area contributed by atoms with Gasteiger partial charge in [0.05, 0.1) is 11.3 Å². The van der Waals surface area contributed by atoms with Crippen molar-refractivity contribution >= 4 is 40.3 Å². The van der Waals surface area contributed by atoms with E-state index in [1.165, 1.54) is 12.1 Å². The van der Waals surface area contributed by atoms with Crippen LogP contribution in [-0.2, 0) is 6.18 Å². The van der Waals surface area contributed by atoms with E-state index in [0.29, 0.717) is 5.69 Å². The molecule has 3 aromatic rings. The lowest BCUT2D eigenvalue weighted by atomic mass is 10.0. The van der Waals surface area contributed by atoms with Gasteiger partial charge in [0.15, 0.2) is 0 Å². The Morgan fingerprint density at radius 1 is 0.821 bits per heavy atom. The first kappa shape index (κ1) is 18.1. The van der Waals surface area contributed by atoms with Gasteiger partial charge < -0.3 is 9.80 Å². The maximum atomic E-state index is 12.8. The molecule has 1 aliphatic rings. The van der Waals surface area contributed by atoms with E-state index in [1.807, 2.05) is 24.3 Å². The fraction of sp³-hybridized carbons (Fsp3) is 0.136. The van der Waals surface area contributed by atoms with Gasteiger partial charge in [-0.25, -0.2) is 0 Å². The van der Waals surface area contributed by atoms with E-state index < -0.39 is 11.7 Å². The minimum Gasteiger partial charge on any atom is -0.316 e. The van der Waals surface area contributed by atoms with Gasteiger partial charge in [0.1, 0.15) is 0 Å². The molecule has 0 radical (unpaired) electrons. The van der Waals surface area contributed by atoms with Gasteiger partial charge in [-0.15, -0.1) is 0 Å². The summed E-state index contributed by atoms with van der Waals surface area (Å²) >= 11 is 0. The lowest BCUT2D eigenvalue weighted by molar-refractivity contribution is -0.137. The Labute approximate surface area is 160 Å². The predicted molar refractivity (Wildman–Crippen MR) is 109 cm³/mol. The maximum absolute atomic E-state index is 12.8. The molecule has 3 nitrogen and oxygen atoms in total. The molecule has 0 fully saturated rings. The van der Waals surface area contributed by atoms with E-state index in [1.54, 1.807) is 23.9 Å². The van der Waals surface area contributed by atoms with Gasteiger partial charge >= 0.3 is 6.18 Å². The molecule has 0 saturated heterocycles. The van der Waals surface area contributed by atoms with Crippen molar-refractivity contribution < 1.29 is 13.2 Å². The zero-order chi connectivity index (χ0) is 20.1. The number of anilines is 2. The minimum atomic E-state index is -4.37. The van der Waals surface area contributed by atoms with Crippen LogP contribution < -0.4 is 9.80 Å². The Bertz CT molecular complexity index is 1090. The molecule has 0 spiro atoms. The zero-order valence-corrected chi connectivity index (χ0v) is 15.4. The van der Waals surface area contributed by atoms with Crippen molar-refractivity contribution in [3.63, 3.8) is 0 Å². The Balaban J connectivity index is 1.65. The number of alkyl halides is 3. The summed E-state index contributed by atoms with van der Waals surface area (Å²) in [5.41, 5.74) is 2.96. The molecule has 0 aliphatic heterocycles. The second-order valence-corrected chi connectivity index (χ2v) is 6.76. The second kappa shape index (κ2) is 6.41. The van der Waals surface area contributed by atoms with Crippen LogP contribution in [0.25, 0.3) is 22.9 Å². The molecule has 0 atom stereocenters. The summed E-state index contributed by atoms with van der Waals surface area (Å²) < 4.78 is 38.3. The van der Waals surface area contributed by atoms with Crippen LogP contribution >= 0.6 is 0 Å². The number of nitrogens with one attached hydrogen (secondary N) is 1. The van der Waals surface area contributed by atoms with E-state index in [0.717, 1.165) is 39.7 Å². The van der Waals surface area contributed by atoms with Crippen molar-refractivity contribution in [1.82, 2.24) is 0 Å². The van der Waals surface area contributed by atoms with Gasteiger partial charge in [0.25, 0.3) is 0 Å². The Morgan fingerprint density at radius 3 is 2.11 bits per heavy atom. The fourth-order valence-corrected chi connectivity index (χ4v) is 3.53. The first-order valence-electron chi connectivity index (χ1n) is 8.74. The number of hydrogen-bond acceptors (Lipinski definition) is 1. The molecule has 4 rings (SSSR count). The molecule has 0 amide bonds. The summed E-state index contributed by atoms with van der Waals surface area (Å²) in [5, 5.41) is 10.7. The predicted octanol–water partition coefficient (Wildman–Crippen LogP) is 5.85. The third kappa shape index (κ3) is 2.91. The highest BCUT2D eigenvalue weighted by atomic mass is 19.4.